The topological polar surface area (TPSA) is 56.6 Å². The van der Waals surface area contributed by atoms with Crippen molar-refractivity contribution >= 4 is 17.3 Å². The third-order valence-electron chi connectivity index (χ3n) is 2.64. The molecule has 0 spiro atoms. The second-order valence-corrected chi connectivity index (χ2v) is 3.91. The van der Waals surface area contributed by atoms with Crippen molar-refractivity contribution in [3.63, 3.8) is 0 Å². The molecule has 1 aliphatic carbocycles. The standard InChI is InChI=1S/C7H15N5S/c8-12-10-9-7(13)11(12)6-4-2-1-3-5-6/h6,10H,1-5,8H2,(H,9,13). The molecule has 1 aliphatic heterocycles. The largest absolute Gasteiger partial charge is 0.281 e. The van der Waals surface area contributed by atoms with Crippen LogP contribution in [0.1, 0.15) is 32.1 Å². The molecule has 2 fully saturated rings. The quantitative estimate of drug-likeness (QED) is 0.411. The smallest absolute Gasteiger partial charge is 0.201 e. The van der Waals surface area contributed by atoms with Gasteiger partial charge in [-0.3, -0.25) is 5.43 Å². The minimum Gasteiger partial charge on any atom is -0.281 e. The number of nitrogens with one attached hydrogen (secondary N) is 2. The molecular weight excluding hydrogens is 186 g/mol. The van der Waals surface area contributed by atoms with Crippen LogP contribution in [0.15, 0.2) is 0 Å². The molecule has 4 N–H and O–H groups in total. The number of rotatable bonds is 1. The minimum atomic E-state index is 0.466. The Kier molecular flexibility index (Phi) is 2.63. The lowest BCUT2D eigenvalue weighted by atomic mass is 9.95. The summed E-state index contributed by atoms with van der Waals surface area (Å²) in [6.45, 7) is 0. The van der Waals surface area contributed by atoms with Crippen LogP contribution in [0.4, 0.5) is 0 Å². The Morgan fingerprint density at radius 2 is 2.00 bits per heavy atom. The van der Waals surface area contributed by atoms with Crippen LogP contribution < -0.4 is 16.8 Å². The number of nitrogens with zero attached hydrogens (tertiary/aromatic N) is 2. The van der Waals surface area contributed by atoms with Crippen molar-refractivity contribution in [2.75, 3.05) is 0 Å². The minimum absolute atomic E-state index is 0.466. The van der Waals surface area contributed by atoms with Gasteiger partial charge in [0.1, 0.15) is 0 Å². The molecule has 2 rings (SSSR count). The van der Waals surface area contributed by atoms with Crippen molar-refractivity contribution in [2.24, 2.45) is 5.84 Å². The summed E-state index contributed by atoms with van der Waals surface area (Å²) in [5, 5.41) is 4.04. The predicted octanol–water partition coefficient (Wildman–Crippen LogP) is 0.0195. The van der Waals surface area contributed by atoms with Crippen molar-refractivity contribution in [1.29, 1.82) is 0 Å². The zero-order chi connectivity index (χ0) is 9.26. The Balaban J connectivity index is 2.00. The van der Waals surface area contributed by atoms with E-state index in [0.717, 1.165) is 0 Å². The average Bonchev–Trinajstić information content (AvgIpc) is 2.48. The normalized spacial score (nSPS) is 26.5. The molecule has 0 radical (unpaired) electrons. The van der Waals surface area contributed by atoms with Crippen LogP contribution in [0, 0.1) is 0 Å². The molecular formula is C7H15N5S. The van der Waals surface area contributed by atoms with Gasteiger partial charge in [-0.1, -0.05) is 24.5 Å². The maximum Gasteiger partial charge on any atom is 0.201 e. The predicted molar refractivity (Wildman–Crippen MR) is 53.6 cm³/mol. The van der Waals surface area contributed by atoms with E-state index in [1.807, 2.05) is 5.01 Å². The van der Waals surface area contributed by atoms with Gasteiger partial charge in [0.15, 0.2) is 0 Å². The van der Waals surface area contributed by atoms with Crippen LogP contribution in [0.3, 0.4) is 0 Å². The lowest BCUT2D eigenvalue weighted by Crippen LogP contribution is -2.53. The summed E-state index contributed by atoms with van der Waals surface area (Å²) >= 11 is 5.13. The fourth-order valence-electron chi connectivity index (χ4n) is 1.98. The Bertz CT molecular complexity index is 203. The van der Waals surface area contributed by atoms with E-state index in [1.165, 1.54) is 37.3 Å². The van der Waals surface area contributed by atoms with Gasteiger partial charge in [0.25, 0.3) is 0 Å². The van der Waals surface area contributed by atoms with E-state index in [2.05, 4.69) is 11.0 Å². The molecule has 0 aromatic carbocycles. The summed E-state index contributed by atoms with van der Waals surface area (Å²) in [6, 6.07) is 0.466. The second-order valence-electron chi connectivity index (χ2n) is 3.52. The van der Waals surface area contributed by atoms with Crippen molar-refractivity contribution in [1.82, 2.24) is 21.2 Å². The zero-order valence-electron chi connectivity index (χ0n) is 7.49. The first kappa shape index (κ1) is 9.14. The number of thiocarbonyl (C=S) groups is 1. The number of hydrazine groups is 4. The van der Waals surface area contributed by atoms with Gasteiger partial charge in [0.2, 0.25) is 5.11 Å². The van der Waals surface area contributed by atoms with Crippen molar-refractivity contribution in [3.8, 4) is 0 Å². The lowest BCUT2D eigenvalue weighted by Gasteiger charge is -2.33. The van der Waals surface area contributed by atoms with Gasteiger partial charge in [-0.15, -0.1) is 5.53 Å². The van der Waals surface area contributed by atoms with Gasteiger partial charge in [0, 0.05) is 0 Å². The van der Waals surface area contributed by atoms with E-state index in [0.29, 0.717) is 11.2 Å². The highest BCUT2D eigenvalue weighted by molar-refractivity contribution is 7.80. The SMILES string of the molecule is NN1NNC(=S)N1C1CCCCC1. The van der Waals surface area contributed by atoms with E-state index in [-0.39, 0.29) is 0 Å². The molecule has 0 aromatic rings. The average molecular weight is 201 g/mol. The molecule has 0 atom stereocenters. The first-order chi connectivity index (χ1) is 6.29. The van der Waals surface area contributed by atoms with Gasteiger partial charge in [-0.05, 0) is 25.1 Å². The summed E-state index contributed by atoms with van der Waals surface area (Å²) < 4.78 is 0. The van der Waals surface area contributed by atoms with E-state index in [4.69, 9.17) is 18.1 Å². The van der Waals surface area contributed by atoms with E-state index in [9.17, 15) is 0 Å². The van der Waals surface area contributed by atoms with Crippen LogP contribution in [0.2, 0.25) is 0 Å². The van der Waals surface area contributed by atoms with Crippen molar-refractivity contribution in [2.45, 2.75) is 38.1 Å². The van der Waals surface area contributed by atoms with Crippen molar-refractivity contribution in [3.05, 3.63) is 0 Å². The third kappa shape index (κ3) is 1.76. The molecule has 0 bridgehead atoms. The summed E-state index contributed by atoms with van der Waals surface area (Å²) in [6.07, 6.45) is 6.24. The molecule has 5 nitrogen and oxygen atoms in total. The summed E-state index contributed by atoms with van der Waals surface area (Å²) in [4.78, 5) is 0. The molecule has 0 aromatic heterocycles. The Morgan fingerprint density at radius 1 is 1.31 bits per heavy atom. The van der Waals surface area contributed by atoms with Gasteiger partial charge in [0.05, 0.1) is 6.04 Å². The van der Waals surface area contributed by atoms with E-state index < -0.39 is 0 Å². The third-order valence-corrected chi connectivity index (χ3v) is 2.93. The van der Waals surface area contributed by atoms with Gasteiger partial charge in [-0.25, -0.2) is 10.9 Å². The van der Waals surface area contributed by atoms with Crippen LogP contribution in [0.5, 0.6) is 0 Å². The second kappa shape index (κ2) is 3.75. The number of hydrogen-bond donors (Lipinski definition) is 3. The molecule has 6 heteroatoms. The highest BCUT2D eigenvalue weighted by atomic mass is 32.1. The maximum atomic E-state index is 5.70. The molecule has 0 unspecified atom stereocenters. The number of nitrogens with two attached hydrogens (primary N) is 1. The fraction of sp³-hybridized carbons (Fsp3) is 0.857. The van der Waals surface area contributed by atoms with Crippen molar-refractivity contribution < 1.29 is 0 Å². The first-order valence-corrected chi connectivity index (χ1v) is 5.09. The first-order valence-electron chi connectivity index (χ1n) is 4.68. The summed E-state index contributed by atoms with van der Waals surface area (Å²) in [5.74, 6) is 5.70. The Hall–Kier alpha value is -0.430. The highest BCUT2D eigenvalue weighted by Crippen LogP contribution is 2.23. The molecule has 0 amide bonds. The van der Waals surface area contributed by atoms with Crippen LogP contribution in [-0.2, 0) is 0 Å². The van der Waals surface area contributed by atoms with Gasteiger partial charge >= 0.3 is 0 Å². The van der Waals surface area contributed by atoms with E-state index >= 15 is 0 Å². The lowest BCUT2D eigenvalue weighted by molar-refractivity contribution is -0.0231. The van der Waals surface area contributed by atoms with E-state index in [1.54, 1.807) is 0 Å². The number of hydrogen-bond acceptors (Lipinski definition) is 4. The Labute approximate surface area is 83.1 Å². The Morgan fingerprint density at radius 3 is 2.54 bits per heavy atom. The molecule has 1 heterocycles. The van der Waals surface area contributed by atoms with Crippen LogP contribution >= 0.6 is 12.2 Å². The summed E-state index contributed by atoms with van der Waals surface area (Å²) in [5.41, 5.74) is 5.59. The molecule has 1 saturated carbocycles. The fourth-order valence-corrected chi connectivity index (χ4v) is 2.26. The van der Waals surface area contributed by atoms with Crippen LogP contribution in [-0.4, -0.2) is 21.4 Å². The van der Waals surface area contributed by atoms with Crippen LogP contribution in [0.25, 0.3) is 0 Å². The zero-order valence-corrected chi connectivity index (χ0v) is 8.31. The highest BCUT2D eigenvalue weighted by Gasteiger charge is 2.31. The molecule has 13 heavy (non-hydrogen) atoms. The maximum absolute atomic E-state index is 5.70. The molecule has 1 saturated heterocycles. The van der Waals surface area contributed by atoms with Gasteiger partial charge in [-0.2, -0.15) is 0 Å². The van der Waals surface area contributed by atoms with Gasteiger partial charge < -0.3 is 0 Å². The molecule has 74 valence electrons. The monoisotopic (exact) mass is 201 g/mol. The summed E-state index contributed by atoms with van der Waals surface area (Å²) in [7, 11) is 0. The molecule has 2 aliphatic rings.